The number of pyridine rings is 1. The van der Waals surface area contributed by atoms with Gasteiger partial charge in [-0.1, -0.05) is 0 Å². The number of carbonyl (C=O) groups is 1. The Balaban J connectivity index is 2.01. The first kappa shape index (κ1) is 14.0. The highest BCUT2D eigenvalue weighted by Gasteiger charge is 2.30. The third-order valence-corrected chi connectivity index (χ3v) is 3.29. The third kappa shape index (κ3) is 3.77. The minimum absolute atomic E-state index is 0.0780. The molecule has 4 heteroatoms. The number of amides is 1. The second-order valence-corrected chi connectivity index (χ2v) is 5.93. The predicted molar refractivity (Wildman–Crippen MR) is 73.6 cm³/mol. The minimum Gasteiger partial charge on any atom is -0.366 e. The lowest BCUT2D eigenvalue weighted by atomic mass is 10.1. The maximum atomic E-state index is 12.3. The van der Waals surface area contributed by atoms with Gasteiger partial charge in [-0.2, -0.15) is 0 Å². The van der Waals surface area contributed by atoms with Crippen LogP contribution in [0.4, 0.5) is 0 Å². The van der Waals surface area contributed by atoms with Crippen LogP contribution in [0.5, 0.6) is 0 Å². The summed E-state index contributed by atoms with van der Waals surface area (Å²) in [5.74, 6) is 0.0780. The van der Waals surface area contributed by atoms with Gasteiger partial charge >= 0.3 is 0 Å². The highest BCUT2D eigenvalue weighted by atomic mass is 16.5. The number of nitrogens with zero attached hydrogens (tertiary/aromatic N) is 2. The molecule has 1 atom stereocenters. The maximum absolute atomic E-state index is 12.3. The molecule has 4 nitrogen and oxygen atoms in total. The van der Waals surface area contributed by atoms with Crippen LogP contribution in [0.3, 0.4) is 0 Å². The first-order chi connectivity index (χ1) is 8.97. The molecule has 0 radical (unpaired) electrons. The van der Waals surface area contributed by atoms with Crippen molar-refractivity contribution in [3.63, 3.8) is 0 Å². The van der Waals surface area contributed by atoms with E-state index in [2.05, 4.69) is 4.98 Å². The van der Waals surface area contributed by atoms with E-state index in [1.54, 1.807) is 12.4 Å². The van der Waals surface area contributed by atoms with Crippen LogP contribution < -0.4 is 0 Å². The second-order valence-electron chi connectivity index (χ2n) is 5.93. The minimum atomic E-state index is -0.276. The number of rotatable bonds is 3. The van der Waals surface area contributed by atoms with E-state index in [9.17, 15) is 4.79 Å². The number of hydrogen-bond acceptors (Lipinski definition) is 3. The Hall–Kier alpha value is -1.42. The Morgan fingerprint density at radius 3 is 2.74 bits per heavy atom. The molecular formula is C15H22N2O2. The normalized spacial score (nSPS) is 19.7. The van der Waals surface area contributed by atoms with Crippen molar-refractivity contribution in [1.29, 1.82) is 0 Å². The van der Waals surface area contributed by atoms with Crippen LogP contribution in [0.1, 0.15) is 45.2 Å². The van der Waals surface area contributed by atoms with Crippen molar-refractivity contribution in [3.05, 3.63) is 30.1 Å². The fraction of sp³-hybridized carbons (Fsp3) is 0.600. The molecule has 2 heterocycles. The van der Waals surface area contributed by atoms with E-state index < -0.39 is 0 Å². The standard InChI is InChI=1S/C15H22N2O2/c1-15(2,3)19-11-14(18)17-10-4-5-13(17)12-6-8-16-9-7-12/h6-9,13H,4-5,10-11H2,1-3H3. The van der Waals surface area contributed by atoms with E-state index in [4.69, 9.17) is 4.74 Å². The first-order valence-electron chi connectivity index (χ1n) is 6.81. The summed E-state index contributed by atoms with van der Waals surface area (Å²) in [5, 5.41) is 0. The largest absolute Gasteiger partial charge is 0.366 e. The van der Waals surface area contributed by atoms with Gasteiger partial charge in [0.05, 0.1) is 11.6 Å². The van der Waals surface area contributed by atoms with Gasteiger partial charge in [0, 0.05) is 18.9 Å². The average molecular weight is 262 g/mol. The lowest BCUT2D eigenvalue weighted by Crippen LogP contribution is -2.36. The molecule has 1 fully saturated rings. The summed E-state index contributed by atoms with van der Waals surface area (Å²) in [4.78, 5) is 18.2. The van der Waals surface area contributed by atoms with Crippen molar-refractivity contribution < 1.29 is 9.53 Å². The van der Waals surface area contributed by atoms with Crippen molar-refractivity contribution in [2.75, 3.05) is 13.2 Å². The molecule has 1 aromatic heterocycles. The molecule has 2 rings (SSSR count). The van der Waals surface area contributed by atoms with Gasteiger partial charge in [0.25, 0.3) is 0 Å². The Labute approximate surface area is 114 Å². The molecule has 1 aliphatic heterocycles. The van der Waals surface area contributed by atoms with Crippen LogP contribution in [-0.4, -0.2) is 34.5 Å². The molecule has 0 aromatic carbocycles. The summed E-state index contributed by atoms with van der Waals surface area (Å²) in [7, 11) is 0. The summed E-state index contributed by atoms with van der Waals surface area (Å²) < 4.78 is 5.58. The zero-order chi connectivity index (χ0) is 13.9. The number of ether oxygens (including phenoxy) is 1. The van der Waals surface area contributed by atoms with Gasteiger partial charge in [0.2, 0.25) is 5.91 Å². The van der Waals surface area contributed by atoms with Crippen molar-refractivity contribution >= 4 is 5.91 Å². The molecule has 19 heavy (non-hydrogen) atoms. The monoisotopic (exact) mass is 262 g/mol. The van der Waals surface area contributed by atoms with Crippen LogP contribution in [-0.2, 0) is 9.53 Å². The lowest BCUT2D eigenvalue weighted by Gasteiger charge is -2.27. The van der Waals surface area contributed by atoms with E-state index in [0.717, 1.165) is 24.9 Å². The van der Waals surface area contributed by atoms with Gasteiger partial charge < -0.3 is 9.64 Å². The van der Waals surface area contributed by atoms with Crippen LogP contribution in [0.15, 0.2) is 24.5 Å². The quantitative estimate of drug-likeness (QED) is 0.840. The molecular weight excluding hydrogens is 240 g/mol. The molecule has 1 aliphatic rings. The first-order valence-corrected chi connectivity index (χ1v) is 6.81. The van der Waals surface area contributed by atoms with Gasteiger partial charge in [-0.15, -0.1) is 0 Å². The van der Waals surface area contributed by atoms with Gasteiger partial charge in [0.1, 0.15) is 6.61 Å². The van der Waals surface area contributed by atoms with Crippen LogP contribution in [0.25, 0.3) is 0 Å². The SMILES string of the molecule is CC(C)(C)OCC(=O)N1CCCC1c1ccncc1. The average Bonchev–Trinajstić information content (AvgIpc) is 2.85. The number of hydrogen-bond donors (Lipinski definition) is 0. The number of likely N-dealkylation sites (tertiary alicyclic amines) is 1. The molecule has 1 aromatic rings. The van der Waals surface area contributed by atoms with Crippen molar-refractivity contribution in [1.82, 2.24) is 9.88 Å². The molecule has 0 N–H and O–H groups in total. The molecule has 1 amide bonds. The fourth-order valence-electron chi connectivity index (χ4n) is 2.36. The smallest absolute Gasteiger partial charge is 0.249 e. The third-order valence-electron chi connectivity index (χ3n) is 3.29. The zero-order valence-electron chi connectivity index (χ0n) is 11.9. The predicted octanol–water partition coefficient (Wildman–Crippen LogP) is 2.56. The highest BCUT2D eigenvalue weighted by Crippen LogP contribution is 2.31. The van der Waals surface area contributed by atoms with Crippen LogP contribution in [0.2, 0.25) is 0 Å². The number of carbonyl (C=O) groups excluding carboxylic acids is 1. The van der Waals surface area contributed by atoms with E-state index in [1.165, 1.54) is 0 Å². The Bertz CT molecular complexity index is 426. The topological polar surface area (TPSA) is 42.4 Å². The summed E-state index contributed by atoms with van der Waals surface area (Å²) in [6, 6.07) is 4.15. The Kier molecular flexibility index (Phi) is 4.20. The molecule has 0 aliphatic carbocycles. The van der Waals surface area contributed by atoms with Crippen molar-refractivity contribution in [2.45, 2.75) is 45.3 Å². The number of aromatic nitrogens is 1. The van der Waals surface area contributed by atoms with Crippen molar-refractivity contribution in [3.8, 4) is 0 Å². The Morgan fingerprint density at radius 1 is 1.42 bits per heavy atom. The molecule has 104 valence electrons. The fourth-order valence-corrected chi connectivity index (χ4v) is 2.36. The van der Waals surface area contributed by atoms with Crippen LogP contribution in [0, 0.1) is 0 Å². The molecule has 0 saturated carbocycles. The second kappa shape index (κ2) is 5.70. The van der Waals surface area contributed by atoms with E-state index >= 15 is 0 Å². The summed E-state index contributed by atoms with van der Waals surface area (Å²) in [5.41, 5.74) is 0.887. The summed E-state index contributed by atoms with van der Waals surface area (Å²) in [6.07, 6.45) is 5.63. The van der Waals surface area contributed by atoms with Gasteiger partial charge in [0.15, 0.2) is 0 Å². The molecule has 0 bridgehead atoms. The lowest BCUT2D eigenvalue weighted by molar-refractivity contribution is -0.142. The molecule has 1 unspecified atom stereocenters. The van der Waals surface area contributed by atoms with E-state index in [-0.39, 0.29) is 24.2 Å². The Morgan fingerprint density at radius 2 is 2.11 bits per heavy atom. The van der Waals surface area contributed by atoms with Crippen molar-refractivity contribution in [2.24, 2.45) is 0 Å². The molecule has 1 saturated heterocycles. The summed E-state index contributed by atoms with van der Waals surface area (Å²) in [6.45, 7) is 6.87. The van der Waals surface area contributed by atoms with E-state index in [1.807, 2.05) is 37.8 Å². The van der Waals surface area contributed by atoms with Gasteiger partial charge in [-0.3, -0.25) is 9.78 Å². The highest BCUT2D eigenvalue weighted by molar-refractivity contribution is 5.78. The van der Waals surface area contributed by atoms with Gasteiger partial charge in [-0.25, -0.2) is 0 Å². The van der Waals surface area contributed by atoms with Gasteiger partial charge in [-0.05, 0) is 51.3 Å². The van der Waals surface area contributed by atoms with E-state index in [0.29, 0.717) is 0 Å². The summed E-state index contributed by atoms with van der Waals surface area (Å²) >= 11 is 0. The van der Waals surface area contributed by atoms with Crippen LogP contribution >= 0.6 is 0 Å². The maximum Gasteiger partial charge on any atom is 0.249 e. The molecule has 0 spiro atoms. The zero-order valence-corrected chi connectivity index (χ0v) is 11.9.